The van der Waals surface area contributed by atoms with Gasteiger partial charge in [-0.25, -0.2) is 4.79 Å². The Kier molecular flexibility index (Phi) is 3.84. The number of hydrogen-bond acceptors (Lipinski definition) is 2. The molecule has 0 bridgehead atoms. The first-order valence-electron chi connectivity index (χ1n) is 5.69. The molecule has 3 nitrogen and oxygen atoms in total. The second-order valence-corrected chi connectivity index (χ2v) is 3.80. The first-order valence-corrected chi connectivity index (χ1v) is 5.69. The van der Waals surface area contributed by atoms with E-state index >= 15 is 0 Å². The molecule has 0 aliphatic heterocycles. The van der Waals surface area contributed by atoms with Gasteiger partial charge in [0.25, 0.3) is 0 Å². The zero-order valence-corrected chi connectivity index (χ0v) is 10.4. The van der Waals surface area contributed by atoms with Crippen LogP contribution in [-0.4, -0.2) is 18.2 Å². The van der Waals surface area contributed by atoms with E-state index in [2.05, 4.69) is 11.8 Å². The molecule has 0 aromatic heterocycles. The Balaban J connectivity index is 2.42. The number of hydrogen-bond donors (Lipinski definition) is 1. The molecule has 0 radical (unpaired) electrons. The van der Waals surface area contributed by atoms with Gasteiger partial charge in [-0.1, -0.05) is 36.1 Å². The summed E-state index contributed by atoms with van der Waals surface area (Å²) in [6.45, 7) is 0. The Morgan fingerprint density at radius 3 is 2.26 bits per heavy atom. The van der Waals surface area contributed by atoms with Gasteiger partial charge in [0, 0.05) is 5.56 Å². The van der Waals surface area contributed by atoms with Crippen LogP contribution in [0.1, 0.15) is 21.5 Å². The number of benzene rings is 2. The van der Waals surface area contributed by atoms with E-state index in [0.29, 0.717) is 11.3 Å². The number of para-hydroxylation sites is 1. The maximum absolute atomic E-state index is 11.1. The van der Waals surface area contributed by atoms with E-state index in [0.717, 1.165) is 5.56 Å². The number of ether oxygens (including phenoxy) is 1. The molecule has 0 unspecified atom stereocenters. The van der Waals surface area contributed by atoms with Crippen LogP contribution in [0.15, 0.2) is 48.5 Å². The van der Waals surface area contributed by atoms with E-state index in [1.165, 1.54) is 6.07 Å². The molecular weight excluding hydrogens is 240 g/mol. The van der Waals surface area contributed by atoms with Crippen molar-refractivity contribution in [3.8, 4) is 17.6 Å². The molecule has 2 rings (SSSR count). The second kappa shape index (κ2) is 5.74. The Bertz CT molecular complexity index is 663. The van der Waals surface area contributed by atoms with Gasteiger partial charge in [0.2, 0.25) is 0 Å². The van der Waals surface area contributed by atoms with Gasteiger partial charge < -0.3 is 9.84 Å². The van der Waals surface area contributed by atoms with E-state index < -0.39 is 5.97 Å². The molecule has 2 aromatic rings. The Hall–Kier alpha value is -2.73. The fourth-order valence-corrected chi connectivity index (χ4v) is 1.66. The number of carboxylic acid groups (broad SMARTS) is 1. The third-order valence-corrected chi connectivity index (χ3v) is 2.60. The molecule has 0 atom stereocenters. The van der Waals surface area contributed by atoms with Gasteiger partial charge in [-0.3, -0.25) is 0 Å². The van der Waals surface area contributed by atoms with Crippen LogP contribution >= 0.6 is 0 Å². The fourth-order valence-electron chi connectivity index (χ4n) is 1.66. The second-order valence-electron chi connectivity index (χ2n) is 3.80. The largest absolute Gasteiger partial charge is 0.495 e. The number of methoxy groups -OCH3 is 1. The standard InChI is InChI=1S/C16H12O3/c1-19-15-9-5-3-7-13(15)11-10-12-6-2-4-8-14(12)16(17)18/h2-9H,1H3,(H,17,18). The summed E-state index contributed by atoms with van der Waals surface area (Å²) in [7, 11) is 1.58. The molecule has 19 heavy (non-hydrogen) atoms. The van der Waals surface area contributed by atoms with Crippen molar-refractivity contribution in [1.29, 1.82) is 0 Å². The summed E-state index contributed by atoms with van der Waals surface area (Å²) in [4.78, 5) is 11.1. The molecule has 3 heteroatoms. The summed E-state index contributed by atoms with van der Waals surface area (Å²) in [6.07, 6.45) is 0. The van der Waals surface area contributed by atoms with E-state index in [-0.39, 0.29) is 5.56 Å². The van der Waals surface area contributed by atoms with Gasteiger partial charge >= 0.3 is 5.97 Å². The molecule has 0 aliphatic carbocycles. The maximum Gasteiger partial charge on any atom is 0.336 e. The highest BCUT2D eigenvalue weighted by Crippen LogP contribution is 2.16. The van der Waals surface area contributed by atoms with Gasteiger partial charge in [0.05, 0.1) is 18.2 Å². The van der Waals surface area contributed by atoms with Crippen molar-refractivity contribution in [3.63, 3.8) is 0 Å². The average molecular weight is 252 g/mol. The Labute approximate surface area is 111 Å². The van der Waals surface area contributed by atoms with Crippen molar-refractivity contribution in [2.24, 2.45) is 0 Å². The summed E-state index contributed by atoms with van der Waals surface area (Å²) >= 11 is 0. The van der Waals surface area contributed by atoms with E-state index in [1.54, 1.807) is 25.3 Å². The number of carboxylic acids is 1. The van der Waals surface area contributed by atoms with Crippen molar-refractivity contribution < 1.29 is 14.6 Å². The molecule has 0 spiro atoms. The van der Waals surface area contributed by atoms with Crippen LogP contribution in [0.3, 0.4) is 0 Å². The summed E-state index contributed by atoms with van der Waals surface area (Å²) < 4.78 is 5.19. The predicted molar refractivity (Wildman–Crippen MR) is 72.4 cm³/mol. The quantitative estimate of drug-likeness (QED) is 0.836. The highest BCUT2D eigenvalue weighted by molar-refractivity contribution is 5.90. The molecule has 0 amide bonds. The minimum atomic E-state index is -0.982. The number of rotatable bonds is 2. The molecule has 0 aliphatic rings. The van der Waals surface area contributed by atoms with Gasteiger partial charge in [0.15, 0.2) is 0 Å². The normalized spacial score (nSPS) is 9.32. The maximum atomic E-state index is 11.1. The Morgan fingerprint density at radius 1 is 1.00 bits per heavy atom. The topological polar surface area (TPSA) is 46.5 Å². The molecule has 0 saturated carbocycles. The van der Waals surface area contributed by atoms with Crippen molar-refractivity contribution in [2.75, 3.05) is 7.11 Å². The molecular formula is C16H12O3. The molecule has 0 fully saturated rings. The molecule has 0 saturated heterocycles. The number of carbonyl (C=O) groups is 1. The molecule has 2 aromatic carbocycles. The monoisotopic (exact) mass is 252 g/mol. The van der Waals surface area contributed by atoms with Gasteiger partial charge in [-0.05, 0) is 24.3 Å². The van der Waals surface area contributed by atoms with Crippen molar-refractivity contribution >= 4 is 5.97 Å². The predicted octanol–water partition coefficient (Wildman–Crippen LogP) is 2.79. The SMILES string of the molecule is COc1ccccc1C#Cc1ccccc1C(=O)O. The summed E-state index contributed by atoms with van der Waals surface area (Å²) in [5.41, 5.74) is 1.41. The fraction of sp³-hybridized carbons (Fsp3) is 0.0625. The summed E-state index contributed by atoms with van der Waals surface area (Å²) in [6, 6.07) is 14.0. The van der Waals surface area contributed by atoms with Crippen LogP contribution in [0, 0.1) is 11.8 Å². The van der Waals surface area contributed by atoms with E-state index in [1.807, 2.05) is 24.3 Å². The van der Waals surface area contributed by atoms with Crippen LogP contribution in [-0.2, 0) is 0 Å². The van der Waals surface area contributed by atoms with Crippen molar-refractivity contribution in [1.82, 2.24) is 0 Å². The van der Waals surface area contributed by atoms with E-state index in [9.17, 15) is 4.79 Å². The molecule has 94 valence electrons. The highest BCUT2D eigenvalue weighted by Gasteiger charge is 2.06. The van der Waals surface area contributed by atoms with Crippen LogP contribution in [0.2, 0.25) is 0 Å². The van der Waals surface area contributed by atoms with Crippen LogP contribution in [0.25, 0.3) is 0 Å². The third kappa shape index (κ3) is 2.93. The summed E-state index contributed by atoms with van der Waals surface area (Å²) in [5, 5.41) is 9.07. The molecule has 1 N–H and O–H groups in total. The Morgan fingerprint density at radius 2 is 1.58 bits per heavy atom. The lowest BCUT2D eigenvalue weighted by Crippen LogP contribution is -1.99. The molecule has 0 heterocycles. The average Bonchev–Trinajstić information content (AvgIpc) is 2.45. The van der Waals surface area contributed by atoms with Gasteiger partial charge in [-0.2, -0.15) is 0 Å². The zero-order chi connectivity index (χ0) is 13.7. The lowest BCUT2D eigenvalue weighted by molar-refractivity contribution is 0.0696. The van der Waals surface area contributed by atoms with Crippen LogP contribution in [0.5, 0.6) is 5.75 Å². The third-order valence-electron chi connectivity index (χ3n) is 2.60. The van der Waals surface area contributed by atoms with Gasteiger partial charge in [-0.15, -0.1) is 0 Å². The van der Waals surface area contributed by atoms with Gasteiger partial charge in [0.1, 0.15) is 5.75 Å². The highest BCUT2D eigenvalue weighted by atomic mass is 16.5. The lowest BCUT2D eigenvalue weighted by atomic mass is 10.1. The minimum absolute atomic E-state index is 0.199. The first-order chi connectivity index (χ1) is 9.22. The van der Waals surface area contributed by atoms with Crippen molar-refractivity contribution in [3.05, 3.63) is 65.2 Å². The number of aromatic carboxylic acids is 1. The summed E-state index contributed by atoms with van der Waals surface area (Å²) in [5.74, 6) is 5.50. The first kappa shape index (κ1) is 12.7. The minimum Gasteiger partial charge on any atom is -0.495 e. The lowest BCUT2D eigenvalue weighted by Gasteiger charge is -2.01. The zero-order valence-electron chi connectivity index (χ0n) is 10.4. The van der Waals surface area contributed by atoms with Crippen molar-refractivity contribution in [2.45, 2.75) is 0 Å². The smallest absolute Gasteiger partial charge is 0.336 e. The van der Waals surface area contributed by atoms with Crippen LogP contribution < -0.4 is 4.74 Å². The van der Waals surface area contributed by atoms with Crippen LogP contribution in [0.4, 0.5) is 0 Å². The van der Waals surface area contributed by atoms with E-state index in [4.69, 9.17) is 9.84 Å².